The zero-order valence-electron chi connectivity index (χ0n) is 10.6. The van der Waals surface area contributed by atoms with Gasteiger partial charge in [0.05, 0.1) is 21.2 Å². The molecule has 0 aliphatic carbocycles. The van der Waals surface area contributed by atoms with Crippen molar-refractivity contribution >= 4 is 38.1 Å². The molecule has 0 saturated carbocycles. The number of ether oxygens (including phenoxy) is 2. The maximum atomic E-state index is 10.7. The normalized spacial score (nSPS) is 11.4. The van der Waals surface area contributed by atoms with Crippen LogP contribution in [-0.2, 0) is 4.74 Å². The van der Waals surface area contributed by atoms with Gasteiger partial charge in [0, 0.05) is 19.1 Å². The molecule has 0 aromatic heterocycles. The average Bonchev–Trinajstić information content (AvgIpc) is 2.32. The summed E-state index contributed by atoms with van der Waals surface area (Å²) in [6.07, 6.45) is 1.57. The van der Waals surface area contributed by atoms with Crippen molar-refractivity contribution in [1.29, 1.82) is 0 Å². The topological polar surface area (TPSA) is 35.5 Å². The molecule has 3 nitrogen and oxygen atoms in total. The van der Waals surface area contributed by atoms with Gasteiger partial charge in [-0.05, 0) is 57.8 Å². The van der Waals surface area contributed by atoms with Gasteiger partial charge in [-0.2, -0.15) is 0 Å². The van der Waals surface area contributed by atoms with Crippen LogP contribution in [0.3, 0.4) is 0 Å². The molecule has 0 bridgehead atoms. The molecule has 1 aromatic rings. The van der Waals surface area contributed by atoms with Gasteiger partial charge in [0.15, 0.2) is 0 Å². The smallest absolute Gasteiger partial charge is 0.150 e. The molecule has 18 heavy (non-hydrogen) atoms. The van der Waals surface area contributed by atoms with Gasteiger partial charge >= 0.3 is 0 Å². The van der Waals surface area contributed by atoms with Crippen molar-refractivity contribution in [2.45, 2.75) is 25.9 Å². The number of hydrogen-bond acceptors (Lipinski definition) is 3. The van der Waals surface area contributed by atoms with E-state index < -0.39 is 0 Å². The molecule has 0 aliphatic heterocycles. The Kier molecular flexibility index (Phi) is 5.82. The average molecular weight is 380 g/mol. The second-order valence-corrected chi connectivity index (χ2v) is 6.20. The van der Waals surface area contributed by atoms with E-state index in [9.17, 15) is 4.79 Å². The Morgan fingerprint density at radius 2 is 1.83 bits per heavy atom. The molecular formula is C13H16Br2O3. The highest BCUT2D eigenvalue weighted by Crippen LogP contribution is 2.34. The molecule has 0 unspecified atom stereocenters. The first-order chi connectivity index (χ1) is 8.39. The van der Waals surface area contributed by atoms with E-state index in [2.05, 4.69) is 31.9 Å². The number of hydrogen-bond donors (Lipinski definition) is 0. The number of methoxy groups -OCH3 is 1. The van der Waals surface area contributed by atoms with Crippen LogP contribution in [0.5, 0.6) is 5.75 Å². The van der Waals surface area contributed by atoms with Crippen LogP contribution in [0.2, 0.25) is 0 Å². The standard InChI is InChI=1S/C13H16Br2O3/c1-13(2,17-3)4-5-18-12-10(14)6-9(8-16)7-11(12)15/h6-8H,4-5H2,1-3H3. The van der Waals surface area contributed by atoms with E-state index in [1.165, 1.54) is 0 Å². The first-order valence-electron chi connectivity index (χ1n) is 5.52. The van der Waals surface area contributed by atoms with E-state index in [0.717, 1.165) is 21.7 Å². The maximum Gasteiger partial charge on any atom is 0.150 e. The number of aldehydes is 1. The highest BCUT2D eigenvalue weighted by Gasteiger charge is 2.17. The Labute approximate surface area is 124 Å². The molecule has 0 fully saturated rings. The molecule has 0 N–H and O–H groups in total. The van der Waals surface area contributed by atoms with Crippen LogP contribution >= 0.6 is 31.9 Å². The summed E-state index contributed by atoms with van der Waals surface area (Å²) in [6, 6.07) is 3.46. The zero-order valence-corrected chi connectivity index (χ0v) is 13.8. The van der Waals surface area contributed by atoms with Crippen LogP contribution in [0.4, 0.5) is 0 Å². The van der Waals surface area contributed by atoms with Crippen molar-refractivity contribution in [3.63, 3.8) is 0 Å². The van der Waals surface area contributed by atoms with Crippen LogP contribution in [-0.4, -0.2) is 25.6 Å². The largest absolute Gasteiger partial charge is 0.491 e. The van der Waals surface area contributed by atoms with Gasteiger partial charge in [-0.15, -0.1) is 0 Å². The van der Waals surface area contributed by atoms with Crippen molar-refractivity contribution in [2.75, 3.05) is 13.7 Å². The summed E-state index contributed by atoms with van der Waals surface area (Å²) < 4.78 is 12.6. The minimum atomic E-state index is -0.207. The van der Waals surface area contributed by atoms with E-state index in [1.807, 2.05) is 13.8 Å². The summed E-state index contributed by atoms with van der Waals surface area (Å²) in [5.74, 6) is 0.701. The molecule has 0 amide bonds. The fourth-order valence-electron chi connectivity index (χ4n) is 1.29. The van der Waals surface area contributed by atoms with Crippen molar-refractivity contribution in [1.82, 2.24) is 0 Å². The fraction of sp³-hybridized carbons (Fsp3) is 0.462. The van der Waals surface area contributed by atoms with Gasteiger partial charge in [0.25, 0.3) is 0 Å². The van der Waals surface area contributed by atoms with Gasteiger partial charge in [-0.3, -0.25) is 4.79 Å². The second-order valence-electron chi connectivity index (χ2n) is 4.49. The van der Waals surface area contributed by atoms with E-state index in [4.69, 9.17) is 9.47 Å². The third kappa shape index (κ3) is 4.37. The molecule has 0 heterocycles. The highest BCUT2D eigenvalue weighted by atomic mass is 79.9. The number of halogens is 2. The maximum absolute atomic E-state index is 10.7. The Bertz CT molecular complexity index is 407. The van der Waals surface area contributed by atoms with Crippen LogP contribution in [0, 0.1) is 0 Å². The Hall–Kier alpha value is -0.390. The van der Waals surface area contributed by atoms with Crippen LogP contribution in [0.25, 0.3) is 0 Å². The molecule has 1 rings (SSSR count). The van der Waals surface area contributed by atoms with Crippen molar-refractivity contribution in [2.24, 2.45) is 0 Å². The summed E-state index contributed by atoms with van der Waals surface area (Å²) in [5.41, 5.74) is 0.389. The lowest BCUT2D eigenvalue weighted by molar-refractivity contribution is 0.00533. The molecular weight excluding hydrogens is 364 g/mol. The molecule has 5 heteroatoms. The van der Waals surface area contributed by atoms with Crippen LogP contribution in [0.1, 0.15) is 30.6 Å². The van der Waals surface area contributed by atoms with E-state index in [-0.39, 0.29) is 5.60 Å². The zero-order chi connectivity index (χ0) is 13.8. The van der Waals surface area contributed by atoms with E-state index in [0.29, 0.717) is 17.9 Å². The second kappa shape index (κ2) is 6.68. The summed E-state index contributed by atoms with van der Waals surface area (Å²) in [7, 11) is 1.69. The van der Waals surface area contributed by atoms with Crippen molar-refractivity contribution in [3.8, 4) is 5.75 Å². The van der Waals surface area contributed by atoms with Gasteiger partial charge in [-0.25, -0.2) is 0 Å². The lowest BCUT2D eigenvalue weighted by atomic mass is 10.1. The third-order valence-electron chi connectivity index (χ3n) is 2.66. The van der Waals surface area contributed by atoms with E-state index >= 15 is 0 Å². The van der Waals surface area contributed by atoms with Crippen LogP contribution in [0.15, 0.2) is 21.1 Å². The molecule has 1 aromatic carbocycles. The van der Waals surface area contributed by atoms with Gasteiger partial charge < -0.3 is 9.47 Å². The summed E-state index contributed by atoms with van der Waals surface area (Å²) >= 11 is 6.78. The van der Waals surface area contributed by atoms with Crippen molar-refractivity contribution in [3.05, 3.63) is 26.6 Å². The van der Waals surface area contributed by atoms with E-state index in [1.54, 1.807) is 19.2 Å². The van der Waals surface area contributed by atoms with Gasteiger partial charge in [-0.1, -0.05) is 0 Å². The molecule has 0 spiro atoms. The number of carbonyl (C=O) groups excluding carboxylic acids is 1. The molecule has 0 atom stereocenters. The summed E-state index contributed by atoms with van der Waals surface area (Å²) in [5, 5.41) is 0. The molecule has 0 saturated heterocycles. The minimum absolute atomic E-state index is 0.207. The van der Waals surface area contributed by atoms with Crippen molar-refractivity contribution < 1.29 is 14.3 Å². The molecule has 100 valence electrons. The first-order valence-corrected chi connectivity index (χ1v) is 7.10. The molecule has 0 aliphatic rings. The third-order valence-corrected chi connectivity index (χ3v) is 3.84. The quantitative estimate of drug-likeness (QED) is 0.694. The Morgan fingerprint density at radius 1 is 1.28 bits per heavy atom. The predicted molar refractivity (Wildman–Crippen MR) is 78.4 cm³/mol. The van der Waals surface area contributed by atoms with Gasteiger partial charge in [0.2, 0.25) is 0 Å². The SMILES string of the molecule is COC(C)(C)CCOc1c(Br)cc(C=O)cc1Br. The van der Waals surface area contributed by atoms with Crippen LogP contribution < -0.4 is 4.74 Å². The summed E-state index contributed by atoms with van der Waals surface area (Å²) in [4.78, 5) is 10.7. The molecule has 0 radical (unpaired) electrons. The monoisotopic (exact) mass is 378 g/mol. The summed E-state index contributed by atoms with van der Waals surface area (Å²) in [6.45, 7) is 4.56. The minimum Gasteiger partial charge on any atom is -0.491 e. The lowest BCUT2D eigenvalue weighted by Crippen LogP contribution is -2.25. The number of carbonyl (C=O) groups is 1. The van der Waals surface area contributed by atoms with Gasteiger partial charge in [0.1, 0.15) is 12.0 Å². The first kappa shape index (κ1) is 15.7. The Balaban J connectivity index is 2.71. The fourth-order valence-corrected chi connectivity index (χ4v) is 2.74. The Morgan fingerprint density at radius 3 is 2.28 bits per heavy atom. The number of benzene rings is 1. The highest BCUT2D eigenvalue weighted by molar-refractivity contribution is 9.11. The number of rotatable bonds is 6. The lowest BCUT2D eigenvalue weighted by Gasteiger charge is -2.23. The predicted octanol–water partition coefficient (Wildman–Crippen LogP) is 4.22.